The first-order chi connectivity index (χ1) is 10.3. The first-order valence-electron chi connectivity index (χ1n) is 6.02. The Labute approximate surface area is 124 Å². The molecule has 0 amide bonds. The van der Waals surface area contributed by atoms with Gasteiger partial charge in [0, 0.05) is 6.20 Å². The van der Waals surface area contributed by atoms with Gasteiger partial charge in [0.15, 0.2) is 0 Å². The molecule has 1 aromatic carbocycles. The molecule has 3 N–H and O–H groups in total. The molecule has 0 radical (unpaired) electrons. The second-order valence-electron chi connectivity index (χ2n) is 4.27. The van der Waals surface area contributed by atoms with Gasteiger partial charge in [-0.1, -0.05) is 0 Å². The zero-order valence-corrected chi connectivity index (χ0v) is 11.9. The van der Waals surface area contributed by atoms with Gasteiger partial charge in [-0.25, -0.2) is 17.6 Å². The second-order valence-corrected chi connectivity index (χ2v) is 5.95. The Kier molecular flexibility index (Phi) is 4.43. The van der Waals surface area contributed by atoms with Crippen LogP contribution in [0.1, 0.15) is 10.4 Å². The number of rotatable bonds is 6. The molecule has 0 saturated carbocycles. The SMILES string of the molecule is O=C(O)c1ccc(S(=O)(=O)Nc2cnn(CCO)c2)cc1F. The molecule has 0 atom stereocenters. The normalized spacial score (nSPS) is 11.4. The lowest BCUT2D eigenvalue weighted by Crippen LogP contribution is -2.13. The Hall–Kier alpha value is -2.46. The van der Waals surface area contributed by atoms with Crippen LogP contribution in [0.2, 0.25) is 0 Å². The van der Waals surface area contributed by atoms with Crippen molar-refractivity contribution in [3.63, 3.8) is 0 Å². The highest BCUT2D eigenvalue weighted by molar-refractivity contribution is 7.92. The molecule has 0 spiro atoms. The first kappa shape index (κ1) is 15.9. The average Bonchev–Trinajstić information content (AvgIpc) is 2.85. The van der Waals surface area contributed by atoms with Crippen molar-refractivity contribution in [2.45, 2.75) is 11.4 Å². The number of halogens is 1. The van der Waals surface area contributed by atoms with Crippen molar-refractivity contribution in [1.29, 1.82) is 0 Å². The van der Waals surface area contributed by atoms with E-state index in [0.717, 1.165) is 12.1 Å². The minimum absolute atomic E-state index is 0.135. The predicted octanol–water partition coefficient (Wildman–Crippen LogP) is 0.513. The molecule has 22 heavy (non-hydrogen) atoms. The summed E-state index contributed by atoms with van der Waals surface area (Å²) in [5.74, 6) is -2.63. The molecule has 0 fully saturated rings. The molecule has 0 bridgehead atoms. The molecule has 1 heterocycles. The summed E-state index contributed by atoms with van der Waals surface area (Å²) in [6.45, 7) is 0.0411. The van der Waals surface area contributed by atoms with Gasteiger partial charge in [0.05, 0.1) is 35.5 Å². The fraction of sp³-hybridized carbons (Fsp3) is 0.167. The molecule has 0 aliphatic heterocycles. The van der Waals surface area contributed by atoms with Gasteiger partial charge in [-0.05, 0) is 18.2 Å². The van der Waals surface area contributed by atoms with Gasteiger partial charge in [0.1, 0.15) is 5.82 Å². The average molecular weight is 329 g/mol. The summed E-state index contributed by atoms with van der Waals surface area (Å²) in [7, 11) is -4.08. The van der Waals surface area contributed by atoms with Crippen molar-refractivity contribution >= 4 is 21.7 Å². The predicted molar refractivity (Wildman–Crippen MR) is 73.5 cm³/mol. The number of nitrogens with one attached hydrogen (secondary N) is 1. The first-order valence-corrected chi connectivity index (χ1v) is 7.51. The number of aromatic carboxylic acids is 1. The van der Waals surface area contributed by atoms with E-state index in [0.29, 0.717) is 6.07 Å². The maximum atomic E-state index is 13.6. The van der Waals surface area contributed by atoms with Crippen LogP contribution in [0.4, 0.5) is 10.1 Å². The van der Waals surface area contributed by atoms with Crippen LogP contribution in [0.5, 0.6) is 0 Å². The van der Waals surface area contributed by atoms with Crippen molar-refractivity contribution in [3.8, 4) is 0 Å². The van der Waals surface area contributed by atoms with Crippen molar-refractivity contribution in [2.24, 2.45) is 0 Å². The minimum Gasteiger partial charge on any atom is -0.478 e. The molecular formula is C12H12FN3O5S. The summed E-state index contributed by atoms with van der Waals surface area (Å²) in [4.78, 5) is 10.3. The van der Waals surface area contributed by atoms with E-state index in [4.69, 9.17) is 10.2 Å². The van der Waals surface area contributed by atoms with E-state index >= 15 is 0 Å². The molecular weight excluding hydrogens is 317 g/mol. The van der Waals surface area contributed by atoms with E-state index in [-0.39, 0.29) is 18.8 Å². The maximum Gasteiger partial charge on any atom is 0.338 e. The number of aliphatic hydroxyl groups is 1. The third-order valence-corrected chi connectivity index (χ3v) is 4.07. The summed E-state index contributed by atoms with van der Waals surface area (Å²) in [6, 6.07) is 2.50. The Balaban J connectivity index is 2.26. The van der Waals surface area contributed by atoms with Gasteiger partial charge < -0.3 is 10.2 Å². The fourth-order valence-electron chi connectivity index (χ4n) is 1.69. The van der Waals surface area contributed by atoms with Crippen LogP contribution in [0, 0.1) is 5.82 Å². The Morgan fingerprint density at radius 1 is 1.41 bits per heavy atom. The van der Waals surface area contributed by atoms with E-state index in [1.165, 1.54) is 17.1 Å². The molecule has 2 aromatic rings. The highest BCUT2D eigenvalue weighted by Gasteiger charge is 2.19. The number of hydrogen-bond acceptors (Lipinski definition) is 5. The van der Waals surface area contributed by atoms with Gasteiger partial charge >= 0.3 is 5.97 Å². The van der Waals surface area contributed by atoms with Crippen LogP contribution < -0.4 is 4.72 Å². The quantitative estimate of drug-likeness (QED) is 0.710. The van der Waals surface area contributed by atoms with Gasteiger partial charge in [-0.3, -0.25) is 9.40 Å². The zero-order chi connectivity index (χ0) is 16.3. The number of anilines is 1. The summed E-state index contributed by atoms with van der Waals surface area (Å²) in [5.41, 5.74) is -0.481. The van der Waals surface area contributed by atoms with Gasteiger partial charge in [-0.2, -0.15) is 5.10 Å². The number of hydrogen-bond donors (Lipinski definition) is 3. The van der Waals surface area contributed by atoms with Crippen molar-refractivity contribution in [3.05, 3.63) is 42.0 Å². The Morgan fingerprint density at radius 3 is 2.73 bits per heavy atom. The highest BCUT2D eigenvalue weighted by Crippen LogP contribution is 2.18. The summed E-state index contributed by atoms with van der Waals surface area (Å²) >= 11 is 0. The number of aliphatic hydroxyl groups excluding tert-OH is 1. The maximum absolute atomic E-state index is 13.6. The molecule has 10 heteroatoms. The van der Waals surface area contributed by atoms with E-state index < -0.39 is 32.3 Å². The van der Waals surface area contributed by atoms with Crippen LogP contribution in [0.3, 0.4) is 0 Å². The van der Waals surface area contributed by atoms with Crippen molar-refractivity contribution < 1.29 is 27.8 Å². The zero-order valence-electron chi connectivity index (χ0n) is 11.1. The topological polar surface area (TPSA) is 122 Å². The van der Waals surface area contributed by atoms with Gasteiger partial charge in [0.2, 0.25) is 0 Å². The van der Waals surface area contributed by atoms with Crippen LogP contribution in [-0.2, 0) is 16.6 Å². The lowest BCUT2D eigenvalue weighted by atomic mass is 10.2. The molecule has 2 rings (SSSR count). The van der Waals surface area contributed by atoms with Crippen LogP contribution in [0.25, 0.3) is 0 Å². The fourth-order valence-corrected chi connectivity index (χ4v) is 2.73. The summed E-state index contributed by atoms with van der Waals surface area (Å²) in [5, 5.41) is 21.3. The molecule has 0 saturated heterocycles. The molecule has 0 aliphatic rings. The lowest BCUT2D eigenvalue weighted by molar-refractivity contribution is 0.0691. The highest BCUT2D eigenvalue weighted by atomic mass is 32.2. The number of benzene rings is 1. The summed E-state index contributed by atoms with van der Waals surface area (Å²) < 4.78 is 41.2. The van der Waals surface area contributed by atoms with E-state index in [9.17, 15) is 17.6 Å². The Bertz CT molecular complexity index is 803. The number of carbonyl (C=O) groups is 1. The van der Waals surface area contributed by atoms with E-state index in [2.05, 4.69) is 9.82 Å². The van der Waals surface area contributed by atoms with Crippen molar-refractivity contribution in [2.75, 3.05) is 11.3 Å². The van der Waals surface area contributed by atoms with E-state index in [1.54, 1.807) is 0 Å². The lowest BCUT2D eigenvalue weighted by Gasteiger charge is -2.07. The minimum atomic E-state index is -4.08. The third-order valence-electron chi connectivity index (χ3n) is 2.70. The largest absolute Gasteiger partial charge is 0.478 e. The number of aromatic nitrogens is 2. The number of sulfonamides is 1. The molecule has 118 valence electrons. The monoisotopic (exact) mass is 329 g/mol. The molecule has 8 nitrogen and oxygen atoms in total. The summed E-state index contributed by atoms with van der Waals surface area (Å²) in [6.07, 6.45) is 2.59. The number of carboxylic acids is 1. The number of nitrogens with zero attached hydrogens (tertiary/aromatic N) is 2. The molecule has 0 aliphatic carbocycles. The molecule has 1 aromatic heterocycles. The van der Waals surface area contributed by atoms with Crippen LogP contribution in [0.15, 0.2) is 35.5 Å². The standard InChI is InChI=1S/C12H12FN3O5S/c13-11-5-9(1-2-10(11)12(18)19)22(20,21)15-8-6-14-16(7-8)3-4-17/h1-2,5-7,15,17H,3-4H2,(H,18,19). The Morgan fingerprint density at radius 2 is 2.14 bits per heavy atom. The van der Waals surface area contributed by atoms with Crippen molar-refractivity contribution in [1.82, 2.24) is 9.78 Å². The van der Waals surface area contributed by atoms with Crippen LogP contribution in [-0.4, -0.2) is 41.0 Å². The number of carboxylic acid groups (broad SMARTS) is 1. The van der Waals surface area contributed by atoms with E-state index in [1.807, 2.05) is 0 Å². The molecule has 0 unspecified atom stereocenters. The van der Waals surface area contributed by atoms with Gasteiger partial charge in [0.25, 0.3) is 10.0 Å². The third kappa shape index (κ3) is 3.40. The van der Waals surface area contributed by atoms with Gasteiger partial charge in [-0.15, -0.1) is 0 Å². The smallest absolute Gasteiger partial charge is 0.338 e. The second kappa shape index (κ2) is 6.12. The van der Waals surface area contributed by atoms with Crippen LogP contribution >= 0.6 is 0 Å².